The summed E-state index contributed by atoms with van der Waals surface area (Å²) in [6.07, 6.45) is 1.69. The standard InChI is InChI=1S/C9H12N2O3/c10-8(9(13)14)4-7-3-6(5-12)1-2-11-7/h1-3,8,12H,4-5,10H2,(H,13,14)/t8-/m0/s1. The smallest absolute Gasteiger partial charge is 0.320 e. The van der Waals surface area contributed by atoms with Crippen LogP contribution >= 0.6 is 0 Å². The molecule has 0 aliphatic heterocycles. The molecule has 14 heavy (non-hydrogen) atoms. The minimum absolute atomic E-state index is 0.0855. The summed E-state index contributed by atoms with van der Waals surface area (Å²) in [5, 5.41) is 17.4. The molecular formula is C9H12N2O3. The Balaban J connectivity index is 2.71. The first-order valence-electron chi connectivity index (χ1n) is 4.16. The van der Waals surface area contributed by atoms with E-state index in [9.17, 15) is 4.79 Å². The average molecular weight is 196 g/mol. The summed E-state index contributed by atoms with van der Waals surface area (Å²) in [4.78, 5) is 14.4. The van der Waals surface area contributed by atoms with Crippen molar-refractivity contribution in [1.82, 2.24) is 4.98 Å². The maximum absolute atomic E-state index is 10.5. The number of carboxylic acids is 1. The van der Waals surface area contributed by atoms with Crippen molar-refractivity contribution in [2.24, 2.45) is 5.73 Å². The van der Waals surface area contributed by atoms with Crippen molar-refractivity contribution in [3.05, 3.63) is 29.6 Å². The molecule has 0 spiro atoms. The zero-order valence-corrected chi connectivity index (χ0v) is 7.55. The number of carbonyl (C=O) groups is 1. The second-order valence-electron chi connectivity index (χ2n) is 2.96. The molecule has 0 aromatic carbocycles. The lowest BCUT2D eigenvalue weighted by molar-refractivity contribution is -0.138. The minimum Gasteiger partial charge on any atom is -0.480 e. The number of hydrogen-bond acceptors (Lipinski definition) is 4. The third-order valence-corrected chi connectivity index (χ3v) is 1.81. The van der Waals surface area contributed by atoms with Gasteiger partial charge in [-0.05, 0) is 17.7 Å². The molecule has 1 atom stereocenters. The Kier molecular flexibility index (Phi) is 3.55. The third kappa shape index (κ3) is 2.79. The van der Waals surface area contributed by atoms with Gasteiger partial charge in [-0.2, -0.15) is 0 Å². The van der Waals surface area contributed by atoms with E-state index in [1.54, 1.807) is 12.1 Å². The Labute approximate surface area is 81.2 Å². The lowest BCUT2D eigenvalue weighted by Gasteiger charge is -2.06. The highest BCUT2D eigenvalue weighted by Crippen LogP contribution is 2.03. The minimum atomic E-state index is -1.05. The van der Waals surface area contributed by atoms with E-state index in [0.717, 1.165) is 0 Å². The van der Waals surface area contributed by atoms with Crippen LogP contribution in [0.25, 0.3) is 0 Å². The van der Waals surface area contributed by atoms with Gasteiger partial charge in [0.25, 0.3) is 0 Å². The van der Waals surface area contributed by atoms with Crippen LogP contribution in [0.1, 0.15) is 11.3 Å². The van der Waals surface area contributed by atoms with Crippen molar-refractivity contribution in [2.75, 3.05) is 0 Å². The highest BCUT2D eigenvalue weighted by Gasteiger charge is 2.12. The number of rotatable bonds is 4. The maximum atomic E-state index is 10.5. The molecule has 0 fully saturated rings. The summed E-state index contributed by atoms with van der Waals surface area (Å²) in [5.74, 6) is -1.05. The van der Waals surface area contributed by atoms with E-state index in [0.29, 0.717) is 11.3 Å². The van der Waals surface area contributed by atoms with Crippen LogP contribution in [0.2, 0.25) is 0 Å². The second kappa shape index (κ2) is 4.69. The van der Waals surface area contributed by atoms with Crippen LogP contribution in [-0.4, -0.2) is 27.2 Å². The molecule has 0 aliphatic rings. The van der Waals surface area contributed by atoms with Crippen molar-refractivity contribution < 1.29 is 15.0 Å². The van der Waals surface area contributed by atoms with Gasteiger partial charge in [0.2, 0.25) is 0 Å². The molecule has 1 rings (SSSR count). The van der Waals surface area contributed by atoms with E-state index in [1.807, 2.05) is 0 Å². The molecule has 1 heterocycles. The number of aliphatic hydroxyl groups is 1. The van der Waals surface area contributed by atoms with Crippen molar-refractivity contribution in [3.8, 4) is 0 Å². The molecule has 0 aliphatic carbocycles. The van der Waals surface area contributed by atoms with Crippen LogP contribution < -0.4 is 5.73 Å². The second-order valence-corrected chi connectivity index (χ2v) is 2.96. The van der Waals surface area contributed by atoms with Crippen molar-refractivity contribution >= 4 is 5.97 Å². The Hall–Kier alpha value is -1.46. The number of pyridine rings is 1. The molecule has 0 unspecified atom stereocenters. The molecule has 0 amide bonds. The van der Waals surface area contributed by atoms with Crippen LogP contribution in [0.4, 0.5) is 0 Å². The van der Waals surface area contributed by atoms with Crippen LogP contribution in [0.3, 0.4) is 0 Å². The molecule has 0 saturated heterocycles. The van der Waals surface area contributed by atoms with E-state index in [2.05, 4.69) is 4.98 Å². The van der Waals surface area contributed by atoms with E-state index >= 15 is 0 Å². The Morgan fingerprint density at radius 1 is 1.64 bits per heavy atom. The number of hydrogen-bond donors (Lipinski definition) is 3. The van der Waals surface area contributed by atoms with E-state index in [-0.39, 0.29) is 13.0 Å². The quantitative estimate of drug-likeness (QED) is 0.604. The molecule has 0 bridgehead atoms. The summed E-state index contributed by atoms with van der Waals surface area (Å²) in [6, 6.07) is 2.36. The number of aliphatic carboxylic acids is 1. The highest BCUT2D eigenvalue weighted by atomic mass is 16.4. The summed E-state index contributed by atoms with van der Waals surface area (Å²) in [5.41, 5.74) is 6.61. The lowest BCUT2D eigenvalue weighted by atomic mass is 10.1. The van der Waals surface area contributed by atoms with Crippen molar-refractivity contribution in [1.29, 1.82) is 0 Å². The number of aromatic nitrogens is 1. The third-order valence-electron chi connectivity index (χ3n) is 1.81. The fraction of sp³-hybridized carbons (Fsp3) is 0.333. The van der Waals surface area contributed by atoms with Crippen LogP contribution in [-0.2, 0) is 17.8 Å². The maximum Gasteiger partial charge on any atom is 0.320 e. The largest absolute Gasteiger partial charge is 0.480 e. The molecule has 5 heteroatoms. The lowest BCUT2D eigenvalue weighted by Crippen LogP contribution is -2.32. The predicted molar refractivity (Wildman–Crippen MR) is 49.5 cm³/mol. The SMILES string of the molecule is N[C@@H](Cc1cc(CO)ccn1)C(=O)O. The van der Waals surface area contributed by atoms with Gasteiger partial charge in [0.05, 0.1) is 6.61 Å². The topological polar surface area (TPSA) is 96.4 Å². The van der Waals surface area contributed by atoms with Crippen LogP contribution in [0, 0.1) is 0 Å². The molecular weight excluding hydrogens is 184 g/mol. The number of aliphatic hydroxyl groups excluding tert-OH is 1. The molecule has 76 valence electrons. The van der Waals surface area contributed by atoms with Crippen LogP contribution in [0.15, 0.2) is 18.3 Å². The molecule has 5 nitrogen and oxygen atoms in total. The monoisotopic (exact) mass is 196 g/mol. The predicted octanol–water partition coefficient (Wildman–Crippen LogP) is -0.472. The Morgan fingerprint density at radius 3 is 2.93 bits per heavy atom. The van der Waals surface area contributed by atoms with E-state index in [4.69, 9.17) is 15.9 Å². The van der Waals surface area contributed by atoms with Gasteiger partial charge in [0.1, 0.15) is 6.04 Å². The first-order chi connectivity index (χ1) is 6.63. The first-order valence-corrected chi connectivity index (χ1v) is 4.16. The summed E-state index contributed by atoms with van der Waals surface area (Å²) in [6.45, 7) is -0.0855. The van der Waals surface area contributed by atoms with Crippen LogP contribution in [0.5, 0.6) is 0 Å². The number of carboxylic acid groups (broad SMARTS) is 1. The summed E-state index contributed by atoms with van der Waals surface area (Å²) < 4.78 is 0. The number of nitrogens with zero attached hydrogens (tertiary/aromatic N) is 1. The van der Waals surface area contributed by atoms with Gasteiger partial charge in [-0.3, -0.25) is 9.78 Å². The van der Waals surface area contributed by atoms with Gasteiger partial charge in [-0.1, -0.05) is 0 Å². The highest BCUT2D eigenvalue weighted by molar-refractivity contribution is 5.73. The summed E-state index contributed by atoms with van der Waals surface area (Å²) >= 11 is 0. The van der Waals surface area contributed by atoms with Crippen molar-refractivity contribution in [2.45, 2.75) is 19.1 Å². The van der Waals surface area contributed by atoms with Gasteiger partial charge in [-0.25, -0.2) is 0 Å². The van der Waals surface area contributed by atoms with Gasteiger partial charge in [0.15, 0.2) is 0 Å². The zero-order chi connectivity index (χ0) is 10.6. The Morgan fingerprint density at radius 2 is 2.36 bits per heavy atom. The zero-order valence-electron chi connectivity index (χ0n) is 7.55. The molecule has 0 radical (unpaired) electrons. The normalized spacial score (nSPS) is 12.4. The molecule has 0 saturated carbocycles. The molecule has 4 N–H and O–H groups in total. The van der Waals surface area contributed by atoms with Gasteiger partial charge < -0.3 is 15.9 Å². The number of nitrogens with two attached hydrogens (primary N) is 1. The average Bonchev–Trinajstić information content (AvgIpc) is 2.18. The Bertz CT molecular complexity index is 328. The molecule has 1 aromatic heterocycles. The van der Waals surface area contributed by atoms with Gasteiger partial charge in [0, 0.05) is 18.3 Å². The van der Waals surface area contributed by atoms with Gasteiger partial charge in [-0.15, -0.1) is 0 Å². The molecule has 1 aromatic rings. The van der Waals surface area contributed by atoms with E-state index < -0.39 is 12.0 Å². The fourth-order valence-corrected chi connectivity index (χ4v) is 1.05. The first kappa shape index (κ1) is 10.6. The fourth-order valence-electron chi connectivity index (χ4n) is 1.05. The van der Waals surface area contributed by atoms with E-state index in [1.165, 1.54) is 6.20 Å². The van der Waals surface area contributed by atoms with Gasteiger partial charge >= 0.3 is 5.97 Å². The van der Waals surface area contributed by atoms with Crippen molar-refractivity contribution in [3.63, 3.8) is 0 Å². The summed E-state index contributed by atoms with van der Waals surface area (Å²) in [7, 11) is 0.